The number of nitriles is 1. The highest BCUT2D eigenvalue weighted by Gasteiger charge is 2.23. The topological polar surface area (TPSA) is 49.1 Å². The molecular formula is C20H22FN3O. The van der Waals surface area contributed by atoms with Gasteiger partial charge in [0.05, 0.1) is 29.7 Å². The Hall–Kier alpha value is -2.45. The van der Waals surface area contributed by atoms with Crippen LogP contribution in [0.2, 0.25) is 0 Å². The number of halogens is 1. The number of hydrogen-bond donors (Lipinski definition) is 0. The lowest BCUT2D eigenvalue weighted by Gasteiger charge is -2.34. The van der Waals surface area contributed by atoms with Crippen LogP contribution in [0.4, 0.5) is 10.1 Å². The van der Waals surface area contributed by atoms with Gasteiger partial charge in [0.2, 0.25) is 0 Å². The lowest BCUT2D eigenvalue weighted by molar-refractivity contribution is 0.0251. The van der Waals surface area contributed by atoms with Crippen LogP contribution in [-0.2, 0) is 11.3 Å². The molecule has 0 amide bonds. The molecule has 1 saturated heterocycles. The highest BCUT2D eigenvalue weighted by molar-refractivity contribution is 5.61. The molecule has 1 fully saturated rings. The fourth-order valence-electron chi connectivity index (χ4n) is 3.25. The monoisotopic (exact) mass is 339 g/mol. The van der Waals surface area contributed by atoms with E-state index < -0.39 is 0 Å². The van der Waals surface area contributed by atoms with E-state index in [1.165, 1.54) is 12.1 Å². The van der Waals surface area contributed by atoms with Gasteiger partial charge >= 0.3 is 0 Å². The minimum absolute atomic E-state index is 0.191. The molecule has 1 aromatic heterocycles. The largest absolute Gasteiger partial charge is 0.373 e. The van der Waals surface area contributed by atoms with Crippen molar-refractivity contribution in [2.45, 2.75) is 39.4 Å². The molecular weight excluding hydrogens is 317 g/mol. The zero-order valence-corrected chi connectivity index (χ0v) is 14.6. The zero-order chi connectivity index (χ0) is 17.8. The first-order chi connectivity index (χ1) is 12.1. The van der Waals surface area contributed by atoms with E-state index in [1.807, 2.05) is 19.9 Å². The Kier molecular flexibility index (Phi) is 5.30. The van der Waals surface area contributed by atoms with Crippen LogP contribution in [0, 0.1) is 31.0 Å². The molecule has 0 spiro atoms. The summed E-state index contributed by atoms with van der Waals surface area (Å²) in [6.07, 6.45) is 2.01. The number of pyridine rings is 1. The molecule has 0 atom stereocenters. The SMILES string of the molecule is Cc1cc(N2CCC(OCc3ccc(F)cc3)CC2)c(C#N)c(C)n1. The molecule has 0 aliphatic carbocycles. The predicted molar refractivity (Wildman–Crippen MR) is 94.9 cm³/mol. The van der Waals surface area contributed by atoms with Crippen LogP contribution in [0.15, 0.2) is 30.3 Å². The highest BCUT2D eigenvalue weighted by atomic mass is 19.1. The van der Waals surface area contributed by atoms with Gasteiger partial charge in [0.1, 0.15) is 11.9 Å². The number of aromatic nitrogens is 1. The van der Waals surface area contributed by atoms with E-state index in [9.17, 15) is 9.65 Å². The predicted octanol–water partition coefficient (Wildman–Crippen LogP) is 3.89. The van der Waals surface area contributed by atoms with Crippen molar-refractivity contribution < 1.29 is 9.13 Å². The zero-order valence-electron chi connectivity index (χ0n) is 14.6. The van der Waals surface area contributed by atoms with Crippen LogP contribution >= 0.6 is 0 Å². The second kappa shape index (κ2) is 7.62. The molecule has 1 aliphatic heterocycles. The fraction of sp³-hybridized carbons (Fsp3) is 0.400. The molecule has 2 heterocycles. The van der Waals surface area contributed by atoms with E-state index in [-0.39, 0.29) is 11.9 Å². The lowest BCUT2D eigenvalue weighted by atomic mass is 10.0. The van der Waals surface area contributed by atoms with E-state index in [0.29, 0.717) is 12.2 Å². The van der Waals surface area contributed by atoms with Crippen LogP contribution < -0.4 is 4.90 Å². The Morgan fingerprint density at radius 1 is 1.24 bits per heavy atom. The second-order valence-electron chi connectivity index (χ2n) is 6.48. The summed E-state index contributed by atoms with van der Waals surface area (Å²) in [5.74, 6) is -0.228. The van der Waals surface area contributed by atoms with E-state index in [4.69, 9.17) is 4.74 Å². The summed E-state index contributed by atoms with van der Waals surface area (Å²) < 4.78 is 18.9. The van der Waals surface area contributed by atoms with Crippen molar-refractivity contribution in [2.75, 3.05) is 18.0 Å². The summed E-state index contributed by atoms with van der Waals surface area (Å²) in [7, 11) is 0. The first-order valence-corrected chi connectivity index (χ1v) is 8.56. The summed E-state index contributed by atoms with van der Waals surface area (Å²) in [6, 6.07) is 10.7. The molecule has 0 saturated carbocycles. The number of hydrogen-bond acceptors (Lipinski definition) is 4. The molecule has 0 radical (unpaired) electrons. The van der Waals surface area contributed by atoms with Crippen LogP contribution in [-0.4, -0.2) is 24.2 Å². The van der Waals surface area contributed by atoms with Crippen molar-refractivity contribution in [3.05, 3.63) is 58.7 Å². The summed E-state index contributed by atoms with van der Waals surface area (Å²) >= 11 is 0. The third kappa shape index (κ3) is 4.15. The number of aryl methyl sites for hydroxylation is 2. The fourth-order valence-corrected chi connectivity index (χ4v) is 3.25. The highest BCUT2D eigenvalue weighted by Crippen LogP contribution is 2.27. The summed E-state index contributed by atoms with van der Waals surface area (Å²) in [6.45, 7) is 6.04. The smallest absolute Gasteiger partial charge is 0.123 e. The number of nitrogens with zero attached hydrogens (tertiary/aromatic N) is 3. The Morgan fingerprint density at radius 3 is 2.56 bits per heavy atom. The van der Waals surface area contributed by atoms with Gasteiger partial charge in [-0.1, -0.05) is 12.1 Å². The average molecular weight is 339 g/mol. The molecule has 25 heavy (non-hydrogen) atoms. The number of piperidine rings is 1. The molecule has 1 aliphatic rings. The van der Waals surface area contributed by atoms with E-state index >= 15 is 0 Å². The molecule has 0 N–H and O–H groups in total. The number of benzene rings is 1. The summed E-state index contributed by atoms with van der Waals surface area (Å²) in [4.78, 5) is 6.63. The van der Waals surface area contributed by atoms with Crippen molar-refractivity contribution in [1.82, 2.24) is 4.98 Å². The molecule has 3 rings (SSSR count). The van der Waals surface area contributed by atoms with E-state index in [0.717, 1.165) is 48.6 Å². The first-order valence-electron chi connectivity index (χ1n) is 8.56. The third-order valence-electron chi connectivity index (χ3n) is 4.60. The van der Waals surface area contributed by atoms with E-state index in [2.05, 4.69) is 16.0 Å². The molecule has 0 bridgehead atoms. The van der Waals surface area contributed by atoms with Crippen molar-refractivity contribution >= 4 is 5.69 Å². The van der Waals surface area contributed by atoms with Crippen LogP contribution in [0.3, 0.4) is 0 Å². The van der Waals surface area contributed by atoms with Gasteiger partial charge in [0.25, 0.3) is 0 Å². The maximum Gasteiger partial charge on any atom is 0.123 e. The quantitative estimate of drug-likeness (QED) is 0.848. The van der Waals surface area contributed by atoms with Gasteiger partial charge in [-0.2, -0.15) is 5.26 Å². The Labute approximate surface area is 147 Å². The Balaban J connectivity index is 1.59. The van der Waals surface area contributed by atoms with Crippen LogP contribution in [0.1, 0.15) is 35.4 Å². The molecule has 1 aromatic carbocycles. The summed E-state index contributed by atoms with van der Waals surface area (Å²) in [5, 5.41) is 9.43. The van der Waals surface area contributed by atoms with Crippen molar-refractivity contribution in [3.63, 3.8) is 0 Å². The van der Waals surface area contributed by atoms with Crippen molar-refractivity contribution in [1.29, 1.82) is 5.26 Å². The lowest BCUT2D eigenvalue weighted by Crippen LogP contribution is -2.37. The molecule has 0 unspecified atom stereocenters. The molecule has 5 heteroatoms. The maximum atomic E-state index is 12.9. The van der Waals surface area contributed by atoms with Gasteiger partial charge < -0.3 is 9.64 Å². The first kappa shape index (κ1) is 17.4. The summed E-state index contributed by atoms with van der Waals surface area (Å²) in [5.41, 5.74) is 4.34. The van der Waals surface area contributed by atoms with Gasteiger partial charge in [-0.3, -0.25) is 4.98 Å². The van der Waals surface area contributed by atoms with Gasteiger partial charge in [0.15, 0.2) is 0 Å². The van der Waals surface area contributed by atoms with Gasteiger partial charge in [0, 0.05) is 18.8 Å². The van der Waals surface area contributed by atoms with Crippen molar-refractivity contribution in [3.8, 4) is 6.07 Å². The van der Waals surface area contributed by atoms with E-state index in [1.54, 1.807) is 12.1 Å². The Morgan fingerprint density at radius 2 is 1.92 bits per heavy atom. The minimum atomic E-state index is -0.228. The van der Waals surface area contributed by atoms with Gasteiger partial charge in [-0.05, 0) is 50.5 Å². The van der Waals surface area contributed by atoms with Crippen molar-refractivity contribution in [2.24, 2.45) is 0 Å². The number of anilines is 1. The van der Waals surface area contributed by atoms with Gasteiger partial charge in [-0.15, -0.1) is 0 Å². The van der Waals surface area contributed by atoms with Crippen LogP contribution in [0.25, 0.3) is 0 Å². The standard InChI is InChI=1S/C20H22FN3O/c1-14-11-20(19(12-22)15(2)23-14)24-9-7-18(8-10-24)25-13-16-3-5-17(21)6-4-16/h3-6,11,18H,7-10,13H2,1-2H3. The molecule has 130 valence electrons. The number of rotatable bonds is 4. The Bertz CT molecular complexity index is 775. The molecule has 2 aromatic rings. The second-order valence-corrected chi connectivity index (χ2v) is 6.48. The molecule has 4 nitrogen and oxygen atoms in total. The number of ether oxygens (including phenoxy) is 1. The third-order valence-corrected chi connectivity index (χ3v) is 4.60. The minimum Gasteiger partial charge on any atom is -0.373 e. The van der Waals surface area contributed by atoms with Gasteiger partial charge in [-0.25, -0.2) is 4.39 Å². The maximum absolute atomic E-state index is 12.9. The van der Waals surface area contributed by atoms with Crippen LogP contribution in [0.5, 0.6) is 0 Å². The normalized spacial score (nSPS) is 15.2. The average Bonchev–Trinajstić information content (AvgIpc) is 2.61.